The maximum absolute atomic E-state index is 2.47. The Morgan fingerprint density at radius 2 is 0.769 bits per heavy atom. The lowest BCUT2D eigenvalue weighted by atomic mass is 9.74. The number of benzene rings is 11. The van der Waals surface area contributed by atoms with E-state index < -0.39 is 0 Å². The van der Waals surface area contributed by atoms with E-state index >= 15 is 0 Å². The third-order valence-corrected chi connectivity index (χ3v) is 13.7. The van der Waals surface area contributed by atoms with E-state index in [4.69, 9.17) is 0 Å². The summed E-state index contributed by atoms with van der Waals surface area (Å²) in [6, 6.07) is 93.6. The maximum Gasteiger partial charge on any atom is 0.0540 e. The molecule has 0 spiro atoms. The summed E-state index contributed by atoms with van der Waals surface area (Å²) in [5, 5.41) is 4.98. The number of fused-ring (bicyclic) bond motifs is 6. The first-order valence-corrected chi connectivity index (χ1v) is 22.6. The van der Waals surface area contributed by atoms with Crippen LogP contribution in [0.25, 0.3) is 77.2 Å². The minimum Gasteiger partial charge on any atom is -0.310 e. The fourth-order valence-electron chi connectivity index (χ4n) is 10.6. The molecule has 1 atom stereocenters. The number of hydrogen-bond acceptors (Lipinski definition) is 1. The summed E-state index contributed by atoms with van der Waals surface area (Å²) in [5.41, 5.74) is 19.1. The van der Waals surface area contributed by atoms with Gasteiger partial charge in [-0.15, -0.1) is 0 Å². The lowest BCUT2D eigenvalue weighted by Crippen LogP contribution is -2.22. The Balaban J connectivity index is 1.10. The summed E-state index contributed by atoms with van der Waals surface area (Å²) in [4.78, 5) is 2.47. The summed E-state index contributed by atoms with van der Waals surface area (Å²) in [7, 11) is 0. The third-order valence-electron chi connectivity index (χ3n) is 13.7. The molecule has 0 saturated heterocycles. The molecule has 12 rings (SSSR count). The molecule has 0 aromatic heterocycles. The third kappa shape index (κ3) is 6.39. The second-order valence-corrected chi connectivity index (χ2v) is 17.3. The number of rotatable bonds is 8. The van der Waals surface area contributed by atoms with Crippen molar-refractivity contribution in [3.8, 4) is 55.6 Å². The Kier molecular flexibility index (Phi) is 9.35. The summed E-state index contributed by atoms with van der Waals surface area (Å²) in [6.45, 7) is 2.40. The van der Waals surface area contributed by atoms with Crippen LogP contribution >= 0.6 is 0 Å². The Morgan fingerprint density at radius 1 is 0.292 bits per heavy atom. The van der Waals surface area contributed by atoms with E-state index in [-0.39, 0.29) is 5.41 Å². The average Bonchev–Trinajstić information content (AvgIpc) is 3.65. The molecule has 11 aromatic carbocycles. The second kappa shape index (κ2) is 15.8. The summed E-state index contributed by atoms with van der Waals surface area (Å²) in [6.07, 6.45) is 0. The van der Waals surface area contributed by atoms with Gasteiger partial charge in [0.15, 0.2) is 0 Å². The van der Waals surface area contributed by atoms with E-state index in [1.54, 1.807) is 0 Å². The van der Waals surface area contributed by atoms with Crippen molar-refractivity contribution in [3.63, 3.8) is 0 Å². The lowest BCUT2D eigenvalue weighted by molar-refractivity contribution is 0.714. The Bertz CT molecular complexity index is 3520. The van der Waals surface area contributed by atoms with E-state index in [9.17, 15) is 0 Å². The van der Waals surface area contributed by atoms with Gasteiger partial charge in [-0.05, 0) is 132 Å². The molecule has 1 unspecified atom stereocenters. The van der Waals surface area contributed by atoms with Gasteiger partial charge in [0.1, 0.15) is 0 Å². The van der Waals surface area contributed by atoms with E-state index in [1.807, 2.05) is 0 Å². The molecule has 1 aliphatic carbocycles. The predicted molar refractivity (Wildman–Crippen MR) is 275 cm³/mol. The molecule has 65 heavy (non-hydrogen) atoms. The van der Waals surface area contributed by atoms with Gasteiger partial charge in [0.2, 0.25) is 0 Å². The van der Waals surface area contributed by atoms with Gasteiger partial charge in [0.25, 0.3) is 0 Å². The Morgan fingerprint density at radius 3 is 1.46 bits per heavy atom. The summed E-state index contributed by atoms with van der Waals surface area (Å²) >= 11 is 0. The quantitative estimate of drug-likeness (QED) is 0.138. The molecule has 1 nitrogen and oxygen atoms in total. The lowest BCUT2D eigenvalue weighted by Gasteiger charge is -2.31. The zero-order chi connectivity index (χ0) is 43.3. The zero-order valence-electron chi connectivity index (χ0n) is 36.2. The molecule has 0 radical (unpaired) electrons. The van der Waals surface area contributed by atoms with Gasteiger partial charge in [-0.2, -0.15) is 0 Å². The van der Waals surface area contributed by atoms with Crippen LogP contribution in [0.1, 0.15) is 23.6 Å². The van der Waals surface area contributed by atoms with Gasteiger partial charge in [-0.3, -0.25) is 0 Å². The number of nitrogens with zero attached hydrogens (tertiary/aromatic N) is 1. The van der Waals surface area contributed by atoms with Crippen LogP contribution in [0.5, 0.6) is 0 Å². The standard InChI is InChI=1S/C64H45N/c1-64(49-26-12-5-13-27-49)59-32-18-16-30-55(59)56-41-39-51(43-60(56)64)65(50-37-34-45(35-38-50)44-20-6-2-7-21-44)61-33-19-17-28-52(61)48-36-40-54-53-29-14-15-31-57(53)62(46-22-8-3-9-23-46)63(58(54)42-48)47-24-10-4-11-25-47/h2-43H,1H3. The molecular weight excluding hydrogens is 783 g/mol. The van der Waals surface area contributed by atoms with E-state index in [0.717, 1.165) is 28.2 Å². The van der Waals surface area contributed by atoms with Crippen molar-refractivity contribution in [3.05, 3.63) is 271 Å². The van der Waals surface area contributed by atoms with Crippen molar-refractivity contribution < 1.29 is 0 Å². The van der Waals surface area contributed by atoms with Crippen LogP contribution in [-0.4, -0.2) is 0 Å². The van der Waals surface area contributed by atoms with Gasteiger partial charge in [0, 0.05) is 22.4 Å². The van der Waals surface area contributed by atoms with E-state index in [1.165, 1.54) is 82.7 Å². The fraction of sp³-hybridized carbons (Fsp3) is 0.0312. The van der Waals surface area contributed by atoms with Gasteiger partial charge >= 0.3 is 0 Å². The molecule has 0 amide bonds. The second-order valence-electron chi connectivity index (χ2n) is 17.3. The molecular formula is C64H45N. The zero-order valence-corrected chi connectivity index (χ0v) is 36.2. The maximum atomic E-state index is 2.47. The number of para-hydroxylation sites is 1. The van der Waals surface area contributed by atoms with Gasteiger partial charge in [-0.1, -0.05) is 218 Å². The smallest absolute Gasteiger partial charge is 0.0540 e. The van der Waals surface area contributed by atoms with Crippen LogP contribution in [0.3, 0.4) is 0 Å². The highest BCUT2D eigenvalue weighted by Gasteiger charge is 2.41. The predicted octanol–water partition coefficient (Wildman–Crippen LogP) is 17.5. The Labute approximate surface area is 381 Å². The Hall–Kier alpha value is -8.26. The van der Waals surface area contributed by atoms with Crippen LogP contribution < -0.4 is 4.90 Å². The van der Waals surface area contributed by atoms with Crippen LogP contribution in [0.4, 0.5) is 17.1 Å². The van der Waals surface area contributed by atoms with Crippen molar-refractivity contribution in [2.75, 3.05) is 4.90 Å². The molecule has 0 aliphatic heterocycles. The largest absolute Gasteiger partial charge is 0.310 e. The van der Waals surface area contributed by atoms with E-state index in [2.05, 4.69) is 267 Å². The summed E-state index contributed by atoms with van der Waals surface area (Å²) in [5.74, 6) is 0. The average molecular weight is 828 g/mol. The highest BCUT2D eigenvalue weighted by atomic mass is 15.1. The highest BCUT2D eigenvalue weighted by molar-refractivity contribution is 6.22. The van der Waals surface area contributed by atoms with Crippen molar-refractivity contribution in [2.24, 2.45) is 0 Å². The van der Waals surface area contributed by atoms with Crippen molar-refractivity contribution >= 4 is 38.6 Å². The van der Waals surface area contributed by atoms with Crippen molar-refractivity contribution in [2.45, 2.75) is 12.3 Å². The molecule has 0 heterocycles. The van der Waals surface area contributed by atoms with E-state index in [0.29, 0.717) is 0 Å². The van der Waals surface area contributed by atoms with Crippen LogP contribution in [-0.2, 0) is 5.41 Å². The first-order valence-electron chi connectivity index (χ1n) is 22.6. The van der Waals surface area contributed by atoms with Gasteiger partial charge < -0.3 is 4.90 Å². The monoisotopic (exact) mass is 827 g/mol. The molecule has 1 heteroatoms. The highest BCUT2D eigenvalue weighted by Crippen LogP contribution is 2.54. The fourth-order valence-corrected chi connectivity index (χ4v) is 10.6. The van der Waals surface area contributed by atoms with Crippen LogP contribution in [0.2, 0.25) is 0 Å². The van der Waals surface area contributed by atoms with Crippen molar-refractivity contribution in [1.82, 2.24) is 0 Å². The minimum atomic E-state index is -0.336. The van der Waals surface area contributed by atoms with Gasteiger partial charge in [0.05, 0.1) is 5.69 Å². The molecule has 11 aromatic rings. The first kappa shape index (κ1) is 38.4. The van der Waals surface area contributed by atoms with Gasteiger partial charge in [-0.25, -0.2) is 0 Å². The molecule has 0 fully saturated rings. The number of anilines is 3. The molecule has 0 saturated carbocycles. The molecule has 306 valence electrons. The SMILES string of the molecule is CC1(c2ccccc2)c2ccccc2-c2ccc(N(c3ccc(-c4ccccc4)cc3)c3ccccc3-c3ccc4c(c3)c(-c3ccccc3)c(-c3ccccc3)c3ccccc34)cc21. The molecule has 1 aliphatic rings. The normalized spacial score (nSPS) is 14.0. The molecule has 0 bridgehead atoms. The van der Waals surface area contributed by atoms with Crippen LogP contribution in [0.15, 0.2) is 255 Å². The molecule has 0 N–H and O–H groups in total. The van der Waals surface area contributed by atoms with Crippen LogP contribution in [0, 0.1) is 0 Å². The summed E-state index contributed by atoms with van der Waals surface area (Å²) < 4.78 is 0. The topological polar surface area (TPSA) is 3.24 Å². The first-order chi connectivity index (χ1) is 32.1. The minimum absolute atomic E-state index is 0.336. The number of hydrogen-bond donors (Lipinski definition) is 0. The van der Waals surface area contributed by atoms with Crippen molar-refractivity contribution in [1.29, 1.82) is 0 Å².